The lowest BCUT2D eigenvalue weighted by molar-refractivity contribution is -0.870. The van der Waals surface area contributed by atoms with Crippen molar-refractivity contribution in [3.63, 3.8) is 0 Å². The Kier molecular flexibility index (Phi) is 47.7. The summed E-state index contributed by atoms with van der Waals surface area (Å²) in [7, 11) is 1.66. The summed E-state index contributed by atoms with van der Waals surface area (Å²) < 4.78 is 35.2. The van der Waals surface area contributed by atoms with E-state index in [1.807, 2.05) is 21.1 Å². The van der Waals surface area contributed by atoms with Gasteiger partial charge in [-0.2, -0.15) is 0 Å². The van der Waals surface area contributed by atoms with Gasteiger partial charge in [0.1, 0.15) is 19.3 Å². The van der Waals surface area contributed by atoms with E-state index in [-0.39, 0.29) is 25.8 Å². The Morgan fingerprint density at radius 2 is 0.892 bits per heavy atom. The summed E-state index contributed by atoms with van der Waals surface area (Å²) in [5.74, 6) is -0.324. The minimum Gasteiger partial charge on any atom is -0.457 e. The van der Waals surface area contributed by atoms with E-state index in [0.29, 0.717) is 24.1 Å². The van der Waals surface area contributed by atoms with Crippen LogP contribution in [0.5, 0.6) is 0 Å². The summed E-state index contributed by atoms with van der Waals surface area (Å²) in [5, 5.41) is 0. The van der Waals surface area contributed by atoms with Gasteiger partial charge in [-0.3, -0.25) is 13.8 Å². The van der Waals surface area contributed by atoms with E-state index in [4.69, 9.17) is 18.5 Å². The number of hydrogen-bond donors (Lipinski definition) is 1. The first-order valence-corrected chi connectivity index (χ1v) is 28.9. The summed E-state index contributed by atoms with van der Waals surface area (Å²) in [6.07, 6.45) is 61.7. The van der Waals surface area contributed by atoms with Crippen molar-refractivity contribution in [1.82, 2.24) is 0 Å². The van der Waals surface area contributed by atoms with Gasteiger partial charge in [0.15, 0.2) is 0 Å². The molecule has 1 N–H and O–H groups in total. The van der Waals surface area contributed by atoms with E-state index in [1.54, 1.807) is 0 Å². The molecule has 2 unspecified atom stereocenters. The fourth-order valence-corrected chi connectivity index (χ4v) is 8.46. The second-order valence-electron chi connectivity index (χ2n) is 19.6. The zero-order chi connectivity index (χ0) is 47.6. The Labute approximate surface area is 403 Å². The zero-order valence-electron chi connectivity index (χ0n) is 43.5. The molecule has 0 fully saturated rings. The van der Waals surface area contributed by atoms with Crippen molar-refractivity contribution >= 4 is 13.8 Å². The smallest absolute Gasteiger partial charge is 0.457 e. The Bertz CT molecular complexity index is 1180. The molecule has 0 aromatic rings. The molecular formula is C56H107NO7P+. The molecule has 65 heavy (non-hydrogen) atoms. The number of allylic oxidation sites excluding steroid dienone is 8. The van der Waals surface area contributed by atoms with Gasteiger partial charge < -0.3 is 18.9 Å². The monoisotopic (exact) mass is 937 g/mol. The number of phosphoric acid groups is 1. The van der Waals surface area contributed by atoms with E-state index in [2.05, 4.69) is 62.5 Å². The molecule has 0 saturated carbocycles. The summed E-state index contributed by atoms with van der Waals surface area (Å²) in [6, 6.07) is 0. The third-order valence-electron chi connectivity index (χ3n) is 11.9. The van der Waals surface area contributed by atoms with Crippen LogP contribution >= 0.6 is 7.82 Å². The minimum absolute atomic E-state index is 0.0855. The highest BCUT2D eigenvalue weighted by atomic mass is 31.2. The lowest BCUT2D eigenvalue weighted by atomic mass is 10.0. The molecular weight excluding hydrogens is 830 g/mol. The van der Waals surface area contributed by atoms with Gasteiger partial charge in [-0.1, -0.05) is 236 Å². The summed E-state index contributed by atoms with van der Waals surface area (Å²) in [4.78, 5) is 23.0. The largest absolute Gasteiger partial charge is 0.472 e. The van der Waals surface area contributed by atoms with Crippen molar-refractivity contribution in [2.45, 2.75) is 251 Å². The van der Waals surface area contributed by atoms with Gasteiger partial charge in [-0.25, -0.2) is 4.57 Å². The van der Waals surface area contributed by atoms with Gasteiger partial charge >= 0.3 is 13.8 Å². The van der Waals surface area contributed by atoms with Crippen LogP contribution in [0.4, 0.5) is 0 Å². The van der Waals surface area contributed by atoms with Crippen LogP contribution in [0.1, 0.15) is 245 Å². The predicted octanol–water partition coefficient (Wildman–Crippen LogP) is 17.1. The van der Waals surface area contributed by atoms with E-state index in [0.717, 1.165) is 70.6 Å². The van der Waals surface area contributed by atoms with Gasteiger partial charge in [-0.15, -0.1) is 0 Å². The number of carbonyl (C=O) groups excluding carboxylic acids is 1. The average Bonchev–Trinajstić information content (AvgIpc) is 3.27. The number of phosphoric ester groups is 1. The molecule has 0 heterocycles. The first-order valence-electron chi connectivity index (χ1n) is 27.4. The molecule has 0 aliphatic rings. The number of esters is 1. The number of rotatable bonds is 51. The number of ether oxygens (including phenoxy) is 2. The summed E-state index contributed by atoms with van der Waals surface area (Å²) in [5.41, 5.74) is 0. The van der Waals surface area contributed by atoms with Crippen LogP contribution in [0.3, 0.4) is 0 Å². The Morgan fingerprint density at radius 1 is 0.492 bits per heavy atom. The molecule has 0 aliphatic heterocycles. The number of nitrogens with zero attached hydrogens (tertiary/aromatic N) is 1. The van der Waals surface area contributed by atoms with Crippen LogP contribution in [0.25, 0.3) is 0 Å². The number of quaternary nitrogens is 1. The van der Waals surface area contributed by atoms with Crippen molar-refractivity contribution in [1.29, 1.82) is 0 Å². The summed E-state index contributed by atoms with van der Waals surface area (Å²) in [6.45, 7) is 5.53. The van der Waals surface area contributed by atoms with E-state index < -0.39 is 13.9 Å². The highest BCUT2D eigenvalue weighted by Gasteiger charge is 2.26. The van der Waals surface area contributed by atoms with Gasteiger partial charge in [0.05, 0.1) is 34.4 Å². The zero-order valence-corrected chi connectivity index (χ0v) is 44.4. The van der Waals surface area contributed by atoms with Gasteiger partial charge in [0.2, 0.25) is 0 Å². The van der Waals surface area contributed by atoms with Crippen LogP contribution in [-0.4, -0.2) is 75.6 Å². The molecule has 0 bridgehead atoms. The fourth-order valence-electron chi connectivity index (χ4n) is 7.72. The predicted molar refractivity (Wildman–Crippen MR) is 279 cm³/mol. The lowest BCUT2D eigenvalue weighted by Crippen LogP contribution is -2.37. The molecule has 0 aromatic carbocycles. The quantitative estimate of drug-likeness (QED) is 0.0214. The maximum absolute atomic E-state index is 12.8. The van der Waals surface area contributed by atoms with Crippen LogP contribution in [0.15, 0.2) is 48.6 Å². The molecule has 0 radical (unpaired) electrons. The highest BCUT2D eigenvalue weighted by Crippen LogP contribution is 2.43. The highest BCUT2D eigenvalue weighted by molar-refractivity contribution is 7.47. The van der Waals surface area contributed by atoms with Crippen molar-refractivity contribution < 1.29 is 37.3 Å². The second-order valence-corrected chi connectivity index (χ2v) is 21.0. The van der Waals surface area contributed by atoms with Crippen molar-refractivity contribution in [3.8, 4) is 0 Å². The van der Waals surface area contributed by atoms with Crippen LogP contribution in [-0.2, 0) is 27.9 Å². The first kappa shape index (κ1) is 63.5. The number of hydrogen-bond acceptors (Lipinski definition) is 6. The molecule has 9 heteroatoms. The first-order chi connectivity index (χ1) is 31.6. The molecule has 2 atom stereocenters. The maximum atomic E-state index is 12.8. The molecule has 0 amide bonds. The third kappa shape index (κ3) is 53.3. The molecule has 0 aromatic heterocycles. The SMILES string of the molecule is CC/C=C\C/C=C\C/C=C\C/C=C\CCCCCCCCC(=O)OC(COCCCCCCCCCCCCCCCCCCCCCCCCCC)COP(=O)(O)OCC[N+](C)(C)C. The minimum atomic E-state index is -4.29. The standard InChI is InChI=1S/C56H106NO7P/c1-6-8-10-12-14-16-18-20-22-24-26-27-28-29-30-32-34-36-38-40-42-44-46-48-51-61-53-55(54-63-65(59,60)62-52-50-57(3,4)5)64-56(58)49-47-45-43-41-39-37-35-33-31-25-23-21-19-17-15-13-11-9-7-2/h9,11,15,17,21,23,31,33,55H,6-8,10,12-14,16,18-20,22,24-30,32,34-54H2,1-5H3/p+1/b11-9-,17-15-,23-21-,33-31-. The number of unbranched alkanes of at least 4 members (excludes halogenated alkanes) is 29. The molecule has 0 saturated heterocycles. The van der Waals surface area contributed by atoms with Crippen LogP contribution in [0, 0.1) is 0 Å². The maximum Gasteiger partial charge on any atom is 0.472 e. The molecule has 8 nitrogen and oxygen atoms in total. The van der Waals surface area contributed by atoms with Crippen LogP contribution < -0.4 is 0 Å². The lowest BCUT2D eigenvalue weighted by Gasteiger charge is -2.24. The third-order valence-corrected chi connectivity index (χ3v) is 12.9. The average molecular weight is 937 g/mol. The van der Waals surface area contributed by atoms with Crippen LogP contribution in [0.2, 0.25) is 0 Å². The van der Waals surface area contributed by atoms with Crippen molar-refractivity contribution in [2.24, 2.45) is 0 Å². The molecule has 382 valence electrons. The summed E-state index contributed by atoms with van der Waals surface area (Å²) >= 11 is 0. The van der Waals surface area contributed by atoms with Gasteiger partial charge in [0.25, 0.3) is 0 Å². The molecule has 0 aliphatic carbocycles. The van der Waals surface area contributed by atoms with Crippen molar-refractivity contribution in [2.75, 3.05) is 54.1 Å². The normalized spacial score (nSPS) is 13.9. The number of likely N-dealkylation sites (N-methyl/N-ethyl adjacent to an activating group) is 1. The number of carbonyl (C=O) groups is 1. The fraction of sp³-hybridized carbons (Fsp3) is 0.839. The van der Waals surface area contributed by atoms with E-state index >= 15 is 0 Å². The molecule has 0 rings (SSSR count). The second kappa shape index (κ2) is 48.9. The Morgan fingerprint density at radius 3 is 1.34 bits per heavy atom. The topological polar surface area (TPSA) is 91.3 Å². The van der Waals surface area contributed by atoms with Gasteiger partial charge in [-0.05, 0) is 51.4 Å². The Balaban J connectivity index is 4.09. The van der Waals surface area contributed by atoms with E-state index in [1.165, 1.54) is 154 Å². The van der Waals surface area contributed by atoms with Crippen molar-refractivity contribution in [3.05, 3.63) is 48.6 Å². The Hall–Kier alpha value is -1.54. The molecule has 0 spiro atoms. The van der Waals surface area contributed by atoms with E-state index in [9.17, 15) is 14.3 Å². The van der Waals surface area contributed by atoms with Gasteiger partial charge in [0, 0.05) is 13.0 Å².